The van der Waals surface area contributed by atoms with E-state index < -0.39 is 15.3 Å². The van der Waals surface area contributed by atoms with Crippen molar-refractivity contribution >= 4 is 10.0 Å². The van der Waals surface area contributed by atoms with Crippen molar-refractivity contribution in [1.29, 1.82) is 5.39 Å². The molecule has 0 amide bonds. The van der Waals surface area contributed by atoms with E-state index in [1.165, 1.54) is 6.92 Å². The topological polar surface area (TPSA) is 62.3 Å². The van der Waals surface area contributed by atoms with E-state index in [0.29, 0.717) is 6.42 Å². The van der Waals surface area contributed by atoms with Crippen molar-refractivity contribution in [1.82, 2.24) is 0 Å². The van der Waals surface area contributed by atoms with Gasteiger partial charge in [0.1, 0.15) is 5.25 Å². The lowest BCUT2D eigenvalue weighted by atomic mass is 10.3. The van der Waals surface area contributed by atoms with E-state index in [1.54, 1.807) is 0 Å². The van der Waals surface area contributed by atoms with Crippen LogP contribution in [0.15, 0.2) is 0 Å². The number of rotatable bonds is 3. The Labute approximate surface area is 60.9 Å². The average molecular weight is 163 g/mol. The predicted octanol–water partition coefficient (Wildman–Crippen LogP) is 1.36. The number of sulfonamides is 1. The first-order chi connectivity index (χ1) is 4.54. The van der Waals surface area contributed by atoms with E-state index >= 15 is 0 Å². The Balaban J connectivity index is 4.24. The smallest absolute Gasteiger partial charge is 0.145 e. The Morgan fingerprint density at radius 2 is 2.10 bits per heavy atom. The van der Waals surface area contributed by atoms with Gasteiger partial charge in [0.25, 0.3) is 4.38 Å². The highest BCUT2D eigenvalue weighted by atomic mass is 32.2. The third-order valence-corrected chi connectivity index (χ3v) is 2.80. The lowest BCUT2D eigenvalue weighted by Gasteiger charge is -1.94. The minimum Gasteiger partial charge on any atom is -0.145 e. The van der Waals surface area contributed by atoms with Crippen molar-refractivity contribution in [3.8, 4) is 0 Å². The predicted molar refractivity (Wildman–Crippen MR) is 38.4 cm³/mol. The van der Waals surface area contributed by atoms with Crippen LogP contribution in [0, 0.1) is 5.39 Å². The quantitative estimate of drug-likeness (QED) is 0.590. The van der Waals surface area contributed by atoms with Crippen molar-refractivity contribution in [2.24, 2.45) is 0 Å². The molecule has 1 unspecified atom stereocenters. The Hall–Kier alpha value is -0.630. The molecule has 0 saturated heterocycles. The highest BCUT2D eigenvalue weighted by molar-refractivity contribution is 7.93. The first-order valence-electron chi connectivity index (χ1n) is 3.14. The molecule has 0 heterocycles. The van der Waals surface area contributed by atoms with Gasteiger partial charge in [-0.15, -0.1) is 8.42 Å². The highest BCUT2D eigenvalue weighted by Gasteiger charge is 2.31. The van der Waals surface area contributed by atoms with E-state index in [-0.39, 0.29) is 0 Å². The van der Waals surface area contributed by atoms with Gasteiger partial charge in [0.2, 0.25) is 5.39 Å². The van der Waals surface area contributed by atoms with Crippen LogP contribution in [0.2, 0.25) is 0 Å². The largest absolute Gasteiger partial charge is 0.523 e. The van der Waals surface area contributed by atoms with E-state index in [9.17, 15) is 8.42 Å². The molecule has 1 atom stereocenters. The maximum atomic E-state index is 10.7. The zero-order chi connectivity index (χ0) is 8.20. The first-order valence-corrected chi connectivity index (χ1v) is 4.65. The van der Waals surface area contributed by atoms with Gasteiger partial charge in [-0.25, -0.2) is 0 Å². The molecule has 0 bridgehead atoms. The normalized spacial score (nSPS) is 14.1. The molecular formula is C5H11N2O2S+. The van der Waals surface area contributed by atoms with Crippen LogP contribution in [-0.4, -0.2) is 13.7 Å². The summed E-state index contributed by atoms with van der Waals surface area (Å²) in [6.07, 6.45) is 1.31. The van der Waals surface area contributed by atoms with Gasteiger partial charge in [0.15, 0.2) is 0 Å². The molecule has 5 heteroatoms. The summed E-state index contributed by atoms with van der Waals surface area (Å²) in [6, 6.07) is 0. The monoisotopic (exact) mass is 163 g/mol. The summed E-state index contributed by atoms with van der Waals surface area (Å²) in [5, 5.41) is 7.46. The van der Waals surface area contributed by atoms with Gasteiger partial charge >= 0.3 is 10.0 Å². The van der Waals surface area contributed by atoms with Crippen LogP contribution in [0.3, 0.4) is 0 Å². The zero-order valence-electron chi connectivity index (χ0n) is 6.11. The summed E-state index contributed by atoms with van der Waals surface area (Å²) in [5.41, 5.74) is 0. The van der Waals surface area contributed by atoms with Gasteiger partial charge < -0.3 is 0 Å². The molecule has 0 aromatic heterocycles. The van der Waals surface area contributed by atoms with E-state index in [2.05, 4.69) is 4.38 Å². The highest BCUT2D eigenvalue weighted by Crippen LogP contribution is 2.08. The molecule has 0 fully saturated rings. The molecule has 58 valence electrons. The summed E-state index contributed by atoms with van der Waals surface area (Å²) in [6.45, 7) is 3.40. The molecule has 0 aliphatic heterocycles. The fourth-order valence-electron chi connectivity index (χ4n) is 0.636. The fraction of sp³-hybridized carbons (Fsp3) is 1.00. The Bertz CT molecular complexity index is 227. The van der Waals surface area contributed by atoms with Crippen LogP contribution in [0.25, 0.3) is 4.38 Å². The van der Waals surface area contributed by atoms with Crippen molar-refractivity contribution in [3.05, 3.63) is 4.38 Å². The molecule has 0 rings (SSSR count). The Kier molecular flexibility index (Phi) is 3.30. The molecule has 0 spiro atoms. The molecule has 0 saturated carbocycles. The summed E-state index contributed by atoms with van der Waals surface area (Å²) in [5.74, 6) is 0. The van der Waals surface area contributed by atoms with Crippen LogP contribution in [0.5, 0.6) is 0 Å². The van der Waals surface area contributed by atoms with Crippen LogP contribution < -0.4 is 0 Å². The molecule has 0 aromatic rings. The molecule has 0 N–H and O–H groups in total. The standard InChI is InChI=1S/C5H11N2O2S/c1-3-4-5(2)10(8,9)7-6/h5H,3-4H2,1-2H3/q+1. The lowest BCUT2D eigenvalue weighted by Crippen LogP contribution is -2.12. The molecule has 0 aliphatic carbocycles. The number of hydrogen-bond donors (Lipinski definition) is 0. The molecular weight excluding hydrogens is 152 g/mol. The van der Waals surface area contributed by atoms with Gasteiger partial charge in [0.05, 0.1) is 0 Å². The molecule has 0 aliphatic rings. The van der Waals surface area contributed by atoms with Gasteiger partial charge in [-0.3, -0.25) is 0 Å². The Morgan fingerprint density at radius 3 is 2.40 bits per heavy atom. The fourth-order valence-corrected chi connectivity index (χ4v) is 1.33. The van der Waals surface area contributed by atoms with E-state index in [1.807, 2.05) is 6.92 Å². The first kappa shape index (κ1) is 9.37. The third kappa shape index (κ3) is 2.31. The number of hydrogen-bond acceptors (Lipinski definition) is 3. The molecule has 10 heavy (non-hydrogen) atoms. The van der Waals surface area contributed by atoms with Gasteiger partial charge in [-0.1, -0.05) is 13.3 Å². The summed E-state index contributed by atoms with van der Waals surface area (Å²) < 4.78 is 23.7. The maximum Gasteiger partial charge on any atom is 0.523 e. The minimum atomic E-state index is -3.58. The summed E-state index contributed by atoms with van der Waals surface area (Å²) in [7, 11) is -3.58. The second kappa shape index (κ2) is 3.52. The van der Waals surface area contributed by atoms with Crippen LogP contribution in [-0.2, 0) is 10.0 Å². The Morgan fingerprint density at radius 1 is 1.60 bits per heavy atom. The summed E-state index contributed by atoms with van der Waals surface area (Å²) >= 11 is 0. The second-order valence-corrected chi connectivity index (χ2v) is 4.19. The number of diazo groups is 1. The molecule has 0 aromatic carbocycles. The lowest BCUT2D eigenvalue weighted by molar-refractivity contribution is 0.583. The summed E-state index contributed by atoms with van der Waals surface area (Å²) in [4.78, 5) is 0. The molecule has 0 radical (unpaired) electrons. The maximum absolute atomic E-state index is 10.7. The van der Waals surface area contributed by atoms with Gasteiger partial charge in [-0.2, -0.15) is 0 Å². The van der Waals surface area contributed by atoms with E-state index in [0.717, 1.165) is 6.42 Å². The van der Waals surface area contributed by atoms with Crippen molar-refractivity contribution < 1.29 is 8.42 Å². The SMILES string of the molecule is CCCC(C)S(=O)(=O)[N+]#N. The van der Waals surface area contributed by atoms with Crippen LogP contribution >= 0.6 is 0 Å². The number of nitrogens with zero attached hydrogens (tertiary/aromatic N) is 2. The molecule has 4 nitrogen and oxygen atoms in total. The van der Waals surface area contributed by atoms with Crippen LogP contribution in [0.4, 0.5) is 0 Å². The van der Waals surface area contributed by atoms with Crippen LogP contribution in [0.1, 0.15) is 26.7 Å². The second-order valence-electron chi connectivity index (χ2n) is 2.20. The third-order valence-electron chi connectivity index (χ3n) is 1.32. The average Bonchev–Trinajstić information content (AvgIpc) is 1.89. The van der Waals surface area contributed by atoms with Crippen molar-refractivity contribution in [3.63, 3.8) is 0 Å². The van der Waals surface area contributed by atoms with E-state index in [4.69, 9.17) is 5.39 Å². The zero-order valence-corrected chi connectivity index (χ0v) is 6.93. The van der Waals surface area contributed by atoms with Crippen molar-refractivity contribution in [2.45, 2.75) is 31.9 Å². The minimum absolute atomic E-state index is 0.534. The van der Waals surface area contributed by atoms with Gasteiger partial charge in [0, 0.05) is 0 Å². The van der Waals surface area contributed by atoms with Crippen molar-refractivity contribution in [2.75, 3.05) is 0 Å². The van der Waals surface area contributed by atoms with Gasteiger partial charge in [-0.05, 0) is 13.3 Å².